The van der Waals surface area contributed by atoms with E-state index >= 15 is 0 Å². The standard InChI is InChI=1S/C21H25F2N3O2/c1-3-28-18-7-4-15(5-8-18)14(2)24-21(27)25-17-10-11-26(13-17)20-9-6-16(22)12-19(20)23/h4-9,12,14,17H,3,10-11,13H2,1-2H3,(H2,24,25,27). The molecular formula is C21H25F2N3O2. The quantitative estimate of drug-likeness (QED) is 0.785. The molecular weight excluding hydrogens is 364 g/mol. The molecule has 3 rings (SSSR count). The van der Waals surface area contributed by atoms with Crippen LogP contribution in [0.4, 0.5) is 19.3 Å². The van der Waals surface area contributed by atoms with Crippen molar-refractivity contribution in [3.63, 3.8) is 0 Å². The summed E-state index contributed by atoms with van der Waals surface area (Å²) in [6, 6.07) is 10.6. The third-order valence-corrected chi connectivity index (χ3v) is 4.81. The van der Waals surface area contributed by atoms with E-state index in [1.165, 1.54) is 12.1 Å². The fourth-order valence-electron chi connectivity index (χ4n) is 3.36. The molecule has 1 saturated heterocycles. The second-order valence-electron chi connectivity index (χ2n) is 6.87. The molecule has 0 radical (unpaired) electrons. The number of benzene rings is 2. The first-order valence-corrected chi connectivity index (χ1v) is 9.46. The van der Waals surface area contributed by atoms with E-state index in [1.807, 2.05) is 43.0 Å². The average Bonchev–Trinajstić information content (AvgIpc) is 3.10. The Morgan fingerprint density at radius 1 is 1.25 bits per heavy atom. The topological polar surface area (TPSA) is 53.6 Å². The summed E-state index contributed by atoms with van der Waals surface area (Å²) >= 11 is 0. The van der Waals surface area contributed by atoms with Crippen LogP contribution in [0.5, 0.6) is 5.75 Å². The van der Waals surface area contributed by atoms with Crippen molar-refractivity contribution in [2.24, 2.45) is 0 Å². The molecule has 5 nitrogen and oxygen atoms in total. The predicted octanol–water partition coefficient (Wildman–Crippen LogP) is 4.00. The number of rotatable bonds is 6. The van der Waals surface area contributed by atoms with E-state index in [0.29, 0.717) is 31.8 Å². The number of hydrogen-bond acceptors (Lipinski definition) is 3. The Hall–Kier alpha value is -2.83. The minimum Gasteiger partial charge on any atom is -0.494 e. The molecule has 7 heteroatoms. The van der Waals surface area contributed by atoms with Gasteiger partial charge in [-0.05, 0) is 50.1 Å². The smallest absolute Gasteiger partial charge is 0.315 e. The van der Waals surface area contributed by atoms with Gasteiger partial charge in [-0.2, -0.15) is 0 Å². The second-order valence-corrected chi connectivity index (χ2v) is 6.87. The van der Waals surface area contributed by atoms with E-state index in [4.69, 9.17) is 4.74 Å². The zero-order chi connectivity index (χ0) is 20.1. The van der Waals surface area contributed by atoms with Crippen LogP contribution in [0.1, 0.15) is 31.9 Å². The molecule has 2 atom stereocenters. The highest BCUT2D eigenvalue weighted by Crippen LogP contribution is 2.24. The highest BCUT2D eigenvalue weighted by Gasteiger charge is 2.26. The molecule has 0 aromatic heterocycles. The number of halogens is 2. The van der Waals surface area contributed by atoms with Gasteiger partial charge in [-0.15, -0.1) is 0 Å². The first kappa shape index (κ1) is 19.9. The summed E-state index contributed by atoms with van der Waals surface area (Å²) < 4.78 is 32.4. The molecule has 2 N–H and O–H groups in total. The molecule has 0 saturated carbocycles. The van der Waals surface area contributed by atoms with E-state index in [-0.39, 0.29) is 18.1 Å². The van der Waals surface area contributed by atoms with Crippen LogP contribution in [0.3, 0.4) is 0 Å². The summed E-state index contributed by atoms with van der Waals surface area (Å²) in [7, 11) is 0. The number of carbonyl (C=O) groups is 1. The van der Waals surface area contributed by atoms with Crippen LogP contribution < -0.4 is 20.3 Å². The highest BCUT2D eigenvalue weighted by atomic mass is 19.1. The fourth-order valence-corrected chi connectivity index (χ4v) is 3.36. The van der Waals surface area contributed by atoms with Crippen molar-refractivity contribution in [3.8, 4) is 5.75 Å². The Labute approximate surface area is 163 Å². The maximum Gasteiger partial charge on any atom is 0.315 e. The second kappa shape index (κ2) is 8.91. The number of hydrogen-bond donors (Lipinski definition) is 2. The molecule has 0 bridgehead atoms. The van der Waals surface area contributed by atoms with Gasteiger partial charge in [0.05, 0.1) is 18.3 Å². The first-order valence-electron chi connectivity index (χ1n) is 9.46. The SMILES string of the molecule is CCOc1ccc(C(C)NC(=O)NC2CCN(c3ccc(F)cc3F)C2)cc1. The number of amides is 2. The maximum atomic E-state index is 13.9. The fraction of sp³-hybridized carbons (Fsp3) is 0.381. The first-order chi connectivity index (χ1) is 13.5. The van der Waals surface area contributed by atoms with Crippen LogP contribution in [0.15, 0.2) is 42.5 Å². The van der Waals surface area contributed by atoms with Crippen molar-refractivity contribution < 1.29 is 18.3 Å². The highest BCUT2D eigenvalue weighted by molar-refractivity contribution is 5.75. The van der Waals surface area contributed by atoms with E-state index in [0.717, 1.165) is 17.4 Å². The molecule has 0 spiro atoms. The molecule has 28 heavy (non-hydrogen) atoms. The summed E-state index contributed by atoms with van der Waals surface area (Å²) in [6.07, 6.45) is 0.696. The summed E-state index contributed by atoms with van der Waals surface area (Å²) in [5.41, 5.74) is 1.33. The van der Waals surface area contributed by atoms with Crippen molar-refractivity contribution in [2.45, 2.75) is 32.4 Å². The monoisotopic (exact) mass is 389 g/mol. The maximum absolute atomic E-state index is 13.9. The lowest BCUT2D eigenvalue weighted by atomic mass is 10.1. The Morgan fingerprint density at radius 2 is 2.00 bits per heavy atom. The van der Waals surface area contributed by atoms with Gasteiger partial charge < -0.3 is 20.3 Å². The molecule has 1 fully saturated rings. The minimum absolute atomic E-state index is 0.100. The predicted molar refractivity (Wildman–Crippen MR) is 105 cm³/mol. The Balaban J connectivity index is 1.51. The van der Waals surface area contributed by atoms with Crippen molar-refractivity contribution >= 4 is 11.7 Å². The van der Waals surface area contributed by atoms with Crippen LogP contribution >= 0.6 is 0 Å². The minimum atomic E-state index is -0.599. The third kappa shape index (κ3) is 4.91. The van der Waals surface area contributed by atoms with Crippen LogP contribution in [-0.2, 0) is 0 Å². The molecule has 2 aromatic rings. The number of anilines is 1. The van der Waals surface area contributed by atoms with E-state index < -0.39 is 11.6 Å². The normalized spacial score (nSPS) is 17.3. The molecule has 1 heterocycles. The molecule has 0 aliphatic carbocycles. The molecule has 1 aliphatic heterocycles. The summed E-state index contributed by atoms with van der Waals surface area (Å²) in [5.74, 6) is -0.394. The largest absolute Gasteiger partial charge is 0.494 e. The van der Waals surface area contributed by atoms with Gasteiger partial charge in [0.15, 0.2) is 0 Å². The number of urea groups is 1. The van der Waals surface area contributed by atoms with Crippen molar-refractivity contribution in [1.82, 2.24) is 10.6 Å². The zero-order valence-electron chi connectivity index (χ0n) is 16.0. The third-order valence-electron chi connectivity index (χ3n) is 4.81. The number of carbonyl (C=O) groups excluding carboxylic acids is 1. The van der Waals surface area contributed by atoms with Crippen molar-refractivity contribution in [3.05, 3.63) is 59.7 Å². The van der Waals surface area contributed by atoms with Crippen molar-refractivity contribution in [1.29, 1.82) is 0 Å². The summed E-state index contributed by atoms with van der Waals surface area (Å²) in [6.45, 7) is 5.52. The van der Waals surface area contributed by atoms with Gasteiger partial charge in [-0.3, -0.25) is 0 Å². The van der Waals surface area contributed by atoms with Gasteiger partial charge >= 0.3 is 6.03 Å². The van der Waals surface area contributed by atoms with Crippen LogP contribution in [-0.4, -0.2) is 31.8 Å². The van der Waals surface area contributed by atoms with E-state index in [9.17, 15) is 13.6 Å². The van der Waals surface area contributed by atoms with Crippen molar-refractivity contribution in [2.75, 3.05) is 24.6 Å². The van der Waals surface area contributed by atoms with Crippen LogP contribution in [0, 0.1) is 11.6 Å². The molecule has 2 unspecified atom stereocenters. The van der Waals surface area contributed by atoms with Crippen LogP contribution in [0.2, 0.25) is 0 Å². The molecule has 2 aromatic carbocycles. The molecule has 150 valence electrons. The van der Waals surface area contributed by atoms with E-state index in [1.54, 1.807) is 0 Å². The molecule has 2 amide bonds. The lowest BCUT2D eigenvalue weighted by molar-refractivity contribution is 0.235. The lowest BCUT2D eigenvalue weighted by Crippen LogP contribution is -2.44. The van der Waals surface area contributed by atoms with Gasteiger partial charge in [0.1, 0.15) is 17.4 Å². The number of ether oxygens (including phenoxy) is 1. The Kier molecular flexibility index (Phi) is 6.34. The van der Waals surface area contributed by atoms with Gasteiger partial charge in [0.25, 0.3) is 0 Å². The summed E-state index contributed by atoms with van der Waals surface area (Å²) in [4.78, 5) is 14.1. The van der Waals surface area contributed by atoms with Gasteiger partial charge in [0.2, 0.25) is 0 Å². The Bertz CT molecular complexity index is 814. The van der Waals surface area contributed by atoms with Crippen LogP contribution in [0.25, 0.3) is 0 Å². The summed E-state index contributed by atoms with van der Waals surface area (Å²) in [5, 5.41) is 5.84. The molecule has 1 aliphatic rings. The zero-order valence-corrected chi connectivity index (χ0v) is 16.0. The Morgan fingerprint density at radius 3 is 2.68 bits per heavy atom. The lowest BCUT2D eigenvalue weighted by Gasteiger charge is -2.21. The van der Waals surface area contributed by atoms with Gasteiger partial charge in [0, 0.05) is 25.2 Å². The number of nitrogens with one attached hydrogen (secondary N) is 2. The van der Waals surface area contributed by atoms with Gasteiger partial charge in [-0.25, -0.2) is 13.6 Å². The van der Waals surface area contributed by atoms with Gasteiger partial charge in [-0.1, -0.05) is 12.1 Å². The average molecular weight is 389 g/mol. The number of nitrogens with zero attached hydrogens (tertiary/aromatic N) is 1. The van der Waals surface area contributed by atoms with E-state index in [2.05, 4.69) is 10.6 Å².